The Morgan fingerprint density at radius 3 is 2.90 bits per heavy atom. The molecule has 1 rings (SSSR count). The lowest BCUT2D eigenvalue weighted by Gasteiger charge is -2.19. The first-order valence-electron chi connectivity index (χ1n) is 3.22. The molecule has 1 unspecified atom stereocenters. The van der Waals surface area contributed by atoms with Gasteiger partial charge >= 0.3 is 0 Å². The van der Waals surface area contributed by atoms with Crippen molar-refractivity contribution in [3.63, 3.8) is 0 Å². The highest BCUT2D eigenvalue weighted by atomic mass is 35.5. The summed E-state index contributed by atoms with van der Waals surface area (Å²) in [6.45, 7) is 0.723. The van der Waals surface area contributed by atoms with Crippen LogP contribution in [-0.2, 0) is 9.53 Å². The molecule has 0 saturated carbocycles. The van der Waals surface area contributed by atoms with Gasteiger partial charge in [0.25, 0.3) is 0 Å². The van der Waals surface area contributed by atoms with Gasteiger partial charge in [0.05, 0.1) is 0 Å². The predicted molar refractivity (Wildman–Crippen MR) is 37.6 cm³/mol. The number of likely N-dealkylation sites (tertiary alicyclic amines) is 1. The van der Waals surface area contributed by atoms with E-state index in [1.54, 1.807) is 0 Å². The maximum atomic E-state index is 10.9. The minimum atomic E-state index is -0.574. The van der Waals surface area contributed by atoms with Crippen molar-refractivity contribution in [3.8, 4) is 0 Å². The van der Waals surface area contributed by atoms with E-state index in [4.69, 9.17) is 16.3 Å². The van der Waals surface area contributed by atoms with Gasteiger partial charge in [0.15, 0.2) is 0 Å². The van der Waals surface area contributed by atoms with Crippen molar-refractivity contribution in [2.75, 3.05) is 13.7 Å². The number of alkyl halides is 1. The van der Waals surface area contributed by atoms with Crippen molar-refractivity contribution >= 4 is 17.5 Å². The maximum absolute atomic E-state index is 10.9. The van der Waals surface area contributed by atoms with Gasteiger partial charge in [0, 0.05) is 20.1 Å². The second-order valence-electron chi connectivity index (χ2n) is 2.22. The number of carbonyl (C=O) groups excluding carboxylic acids is 1. The van der Waals surface area contributed by atoms with Gasteiger partial charge in [-0.2, -0.15) is 0 Å². The van der Waals surface area contributed by atoms with E-state index in [0.717, 1.165) is 13.0 Å². The van der Waals surface area contributed by atoms with E-state index in [9.17, 15) is 4.79 Å². The van der Waals surface area contributed by atoms with Crippen LogP contribution < -0.4 is 0 Å². The van der Waals surface area contributed by atoms with Crippen molar-refractivity contribution in [1.29, 1.82) is 0 Å². The summed E-state index contributed by atoms with van der Waals surface area (Å²) in [5, 5.41) is 0. The fourth-order valence-electron chi connectivity index (χ4n) is 1.01. The fourth-order valence-corrected chi connectivity index (χ4v) is 1.22. The van der Waals surface area contributed by atoms with Gasteiger partial charge in [-0.25, -0.2) is 0 Å². The first kappa shape index (κ1) is 7.82. The molecular formula is C6H10ClNO2. The van der Waals surface area contributed by atoms with Crippen LogP contribution in [0.3, 0.4) is 0 Å². The second-order valence-corrected chi connectivity index (χ2v) is 2.59. The zero-order valence-corrected chi connectivity index (χ0v) is 6.60. The lowest BCUT2D eigenvalue weighted by Crippen LogP contribution is -2.33. The first-order chi connectivity index (χ1) is 4.75. The number of rotatable bonds is 2. The number of halogens is 1. The van der Waals surface area contributed by atoms with Gasteiger partial charge in [-0.1, -0.05) is 11.6 Å². The third-order valence-electron chi connectivity index (χ3n) is 1.55. The van der Waals surface area contributed by atoms with Crippen LogP contribution in [0.1, 0.15) is 12.8 Å². The quantitative estimate of drug-likeness (QED) is 0.445. The first-order valence-corrected chi connectivity index (χ1v) is 3.65. The molecule has 58 valence electrons. The summed E-state index contributed by atoms with van der Waals surface area (Å²) < 4.78 is 4.78. The number of hydrogen-bond donors (Lipinski definition) is 0. The third kappa shape index (κ3) is 1.41. The molecule has 0 aliphatic carbocycles. The number of methoxy groups -OCH3 is 1. The van der Waals surface area contributed by atoms with Gasteiger partial charge in [-0.05, 0) is 6.42 Å². The largest absolute Gasteiger partial charge is 0.348 e. The molecule has 0 bridgehead atoms. The van der Waals surface area contributed by atoms with E-state index in [0.29, 0.717) is 6.42 Å². The minimum absolute atomic E-state index is 0.0850. The average molecular weight is 164 g/mol. The van der Waals surface area contributed by atoms with Crippen molar-refractivity contribution in [1.82, 2.24) is 4.90 Å². The summed E-state index contributed by atoms with van der Waals surface area (Å²) in [6, 6.07) is 0. The van der Waals surface area contributed by atoms with E-state index < -0.39 is 5.69 Å². The third-order valence-corrected chi connectivity index (χ3v) is 1.96. The molecule has 1 amide bonds. The number of amides is 1. The fraction of sp³-hybridized carbons (Fsp3) is 0.833. The molecule has 0 radical (unpaired) electrons. The second kappa shape index (κ2) is 3.21. The Morgan fingerprint density at radius 1 is 1.80 bits per heavy atom. The highest BCUT2D eigenvalue weighted by molar-refractivity contribution is 6.20. The van der Waals surface area contributed by atoms with Crippen molar-refractivity contribution in [2.45, 2.75) is 18.5 Å². The molecule has 3 nitrogen and oxygen atoms in total. The Bertz CT molecular complexity index is 140. The molecule has 0 aromatic carbocycles. The average Bonchev–Trinajstić information content (AvgIpc) is 2.34. The van der Waals surface area contributed by atoms with Crippen LogP contribution in [0.5, 0.6) is 0 Å². The summed E-state index contributed by atoms with van der Waals surface area (Å²) in [6.07, 6.45) is 1.50. The smallest absolute Gasteiger partial charge is 0.225 e. The molecule has 4 heteroatoms. The van der Waals surface area contributed by atoms with Crippen LogP contribution in [0.15, 0.2) is 0 Å². The summed E-state index contributed by atoms with van der Waals surface area (Å²) in [5.41, 5.74) is -0.574. The molecule has 1 heterocycles. The highest BCUT2D eigenvalue weighted by Crippen LogP contribution is 2.15. The number of nitrogens with zero attached hydrogens (tertiary/aromatic N) is 1. The number of hydrogen-bond acceptors (Lipinski definition) is 2. The lowest BCUT2D eigenvalue weighted by molar-refractivity contribution is -0.133. The molecular weight excluding hydrogens is 154 g/mol. The Morgan fingerprint density at radius 2 is 2.50 bits per heavy atom. The van der Waals surface area contributed by atoms with Crippen LogP contribution in [-0.4, -0.2) is 30.1 Å². The van der Waals surface area contributed by atoms with Crippen LogP contribution in [0.4, 0.5) is 0 Å². The summed E-state index contributed by atoms with van der Waals surface area (Å²) in [4.78, 5) is 12.5. The number of ether oxygens (including phenoxy) is 1. The summed E-state index contributed by atoms with van der Waals surface area (Å²) in [7, 11) is 1.49. The molecule has 1 aliphatic rings. The van der Waals surface area contributed by atoms with E-state index in [-0.39, 0.29) is 5.91 Å². The van der Waals surface area contributed by atoms with Crippen LogP contribution in [0.25, 0.3) is 0 Å². The Balaban J connectivity index is 2.46. The highest BCUT2D eigenvalue weighted by Gasteiger charge is 2.25. The van der Waals surface area contributed by atoms with Crippen molar-refractivity contribution in [3.05, 3.63) is 0 Å². The van der Waals surface area contributed by atoms with Crippen LogP contribution >= 0.6 is 11.6 Å². The molecule has 1 atom stereocenters. The van der Waals surface area contributed by atoms with E-state index >= 15 is 0 Å². The van der Waals surface area contributed by atoms with Gasteiger partial charge < -0.3 is 9.64 Å². The minimum Gasteiger partial charge on any atom is -0.348 e. The summed E-state index contributed by atoms with van der Waals surface area (Å²) >= 11 is 5.65. The molecule has 10 heavy (non-hydrogen) atoms. The zero-order chi connectivity index (χ0) is 7.56. The Kier molecular flexibility index (Phi) is 2.51. The molecule has 1 fully saturated rings. The Labute approximate surface area is 64.9 Å². The van der Waals surface area contributed by atoms with Crippen molar-refractivity contribution < 1.29 is 9.53 Å². The maximum Gasteiger partial charge on any atom is 0.225 e. The van der Waals surface area contributed by atoms with Crippen molar-refractivity contribution in [2.24, 2.45) is 0 Å². The lowest BCUT2D eigenvalue weighted by atomic mass is 10.4. The topological polar surface area (TPSA) is 29.5 Å². The Hall–Kier alpha value is -0.280. The van der Waals surface area contributed by atoms with Gasteiger partial charge in [-0.15, -0.1) is 0 Å². The predicted octanol–water partition coefficient (Wildman–Crippen LogP) is 0.778. The molecule has 0 N–H and O–H groups in total. The number of carbonyl (C=O) groups is 1. The monoisotopic (exact) mass is 163 g/mol. The van der Waals surface area contributed by atoms with Crippen LogP contribution in [0.2, 0.25) is 0 Å². The standard InChI is InChI=1S/C6H10ClNO2/c1-10-6(7)8-4-2-3-5(8)9/h6H,2-4H2,1H3. The zero-order valence-electron chi connectivity index (χ0n) is 5.84. The van der Waals surface area contributed by atoms with Gasteiger partial charge in [0.1, 0.15) is 0 Å². The molecule has 0 aromatic heterocycles. The van der Waals surface area contributed by atoms with E-state index in [1.165, 1.54) is 12.0 Å². The van der Waals surface area contributed by atoms with Gasteiger partial charge in [-0.3, -0.25) is 4.79 Å². The molecule has 0 aromatic rings. The van der Waals surface area contributed by atoms with E-state index in [2.05, 4.69) is 0 Å². The normalized spacial score (nSPS) is 21.8. The molecule has 1 saturated heterocycles. The van der Waals surface area contributed by atoms with Crippen LogP contribution in [0, 0.1) is 0 Å². The van der Waals surface area contributed by atoms with Gasteiger partial charge in [0.2, 0.25) is 11.6 Å². The molecule has 1 aliphatic heterocycles. The summed E-state index contributed by atoms with van der Waals surface area (Å²) in [5.74, 6) is 0.0850. The SMILES string of the molecule is COC(Cl)N1CCCC1=O. The molecule has 0 spiro atoms. The van der Waals surface area contributed by atoms with E-state index in [1.807, 2.05) is 0 Å².